The van der Waals surface area contributed by atoms with Gasteiger partial charge < -0.3 is 9.64 Å². The van der Waals surface area contributed by atoms with Gasteiger partial charge in [-0.2, -0.15) is 0 Å². The zero-order valence-corrected chi connectivity index (χ0v) is 10.8. The molecule has 1 aromatic rings. The van der Waals surface area contributed by atoms with Crippen LogP contribution >= 0.6 is 0 Å². The highest BCUT2D eigenvalue weighted by molar-refractivity contribution is 5.75. The number of non-ortho nitro benzene ring substituents is 1. The standard InChI is InChI=1S/C13H14N2O4/c1-8(16)14-7-13(2)6-11(14)10-5-9(15(17)18)3-4-12(10)19-13/h3-5,11H,6-7H2,1-2H3. The number of hydrogen-bond donors (Lipinski definition) is 0. The van der Waals surface area contributed by atoms with Crippen LogP contribution in [0.2, 0.25) is 0 Å². The Kier molecular flexibility index (Phi) is 2.32. The van der Waals surface area contributed by atoms with E-state index in [1.54, 1.807) is 11.0 Å². The van der Waals surface area contributed by atoms with Crippen LogP contribution in [-0.4, -0.2) is 27.9 Å². The lowest BCUT2D eigenvalue weighted by atomic mass is 9.93. The smallest absolute Gasteiger partial charge is 0.270 e. The van der Waals surface area contributed by atoms with Crippen LogP contribution in [0.1, 0.15) is 31.9 Å². The highest BCUT2D eigenvalue weighted by Gasteiger charge is 2.49. The number of fused-ring (bicyclic) bond motifs is 4. The first-order valence-electron chi connectivity index (χ1n) is 6.14. The maximum atomic E-state index is 11.7. The van der Waals surface area contributed by atoms with Crippen molar-refractivity contribution in [3.63, 3.8) is 0 Å². The van der Waals surface area contributed by atoms with E-state index in [1.807, 2.05) is 6.92 Å². The lowest BCUT2D eigenvalue weighted by molar-refractivity contribution is -0.385. The Labute approximate surface area is 110 Å². The molecule has 0 aromatic heterocycles. The zero-order valence-electron chi connectivity index (χ0n) is 10.8. The molecular weight excluding hydrogens is 248 g/mol. The average molecular weight is 262 g/mol. The van der Waals surface area contributed by atoms with Crippen molar-refractivity contribution in [3.05, 3.63) is 33.9 Å². The maximum absolute atomic E-state index is 11.7. The van der Waals surface area contributed by atoms with Crippen molar-refractivity contribution in [2.45, 2.75) is 31.9 Å². The molecule has 1 saturated heterocycles. The number of nitro groups is 1. The van der Waals surface area contributed by atoms with E-state index in [0.29, 0.717) is 18.7 Å². The van der Waals surface area contributed by atoms with Crippen molar-refractivity contribution >= 4 is 11.6 Å². The van der Waals surface area contributed by atoms with Gasteiger partial charge in [0.15, 0.2) is 0 Å². The molecule has 1 amide bonds. The van der Waals surface area contributed by atoms with Crippen LogP contribution in [0.25, 0.3) is 0 Å². The number of ether oxygens (including phenoxy) is 1. The van der Waals surface area contributed by atoms with E-state index >= 15 is 0 Å². The minimum atomic E-state index is -0.429. The number of benzene rings is 1. The van der Waals surface area contributed by atoms with Gasteiger partial charge in [0.05, 0.1) is 17.5 Å². The van der Waals surface area contributed by atoms with Crippen LogP contribution in [0.3, 0.4) is 0 Å². The Hall–Kier alpha value is -2.11. The van der Waals surface area contributed by atoms with E-state index in [9.17, 15) is 14.9 Å². The van der Waals surface area contributed by atoms with Crippen LogP contribution < -0.4 is 4.74 Å². The SMILES string of the molecule is CC(=O)N1CC2(C)CC1c1cc([N+](=O)[O-])ccc1O2. The normalized spacial score (nSPS) is 27.7. The van der Waals surface area contributed by atoms with Crippen LogP contribution in [-0.2, 0) is 4.79 Å². The molecule has 2 unspecified atom stereocenters. The van der Waals surface area contributed by atoms with Gasteiger partial charge in [-0.25, -0.2) is 0 Å². The summed E-state index contributed by atoms with van der Waals surface area (Å²) in [6, 6.07) is 4.46. The van der Waals surface area contributed by atoms with Gasteiger partial charge in [0, 0.05) is 31.0 Å². The minimum Gasteiger partial charge on any atom is -0.485 e. The van der Waals surface area contributed by atoms with Crippen LogP contribution in [0.4, 0.5) is 5.69 Å². The number of rotatable bonds is 1. The maximum Gasteiger partial charge on any atom is 0.270 e. The predicted molar refractivity (Wildman–Crippen MR) is 66.9 cm³/mol. The van der Waals surface area contributed by atoms with E-state index in [4.69, 9.17) is 4.74 Å². The molecule has 0 spiro atoms. The van der Waals surface area contributed by atoms with E-state index < -0.39 is 4.92 Å². The van der Waals surface area contributed by atoms with E-state index in [-0.39, 0.29) is 23.2 Å². The quantitative estimate of drug-likeness (QED) is 0.573. The van der Waals surface area contributed by atoms with Crippen molar-refractivity contribution in [2.75, 3.05) is 6.54 Å². The third-order valence-electron chi connectivity index (χ3n) is 3.83. The summed E-state index contributed by atoms with van der Waals surface area (Å²) in [6.07, 6.45) is 0.681. The molecule has 2 aliphatic heterocycles. The molecule has 0 aliphatic carbocycles. The van der Waals surface area contributed by atoms with E-state index in [0.717, 1.165) is 5.56 Å². The summed E-state index contributed by atoms with van der Waals surface area (Å²) < 4.78 is 5.91. The third kappa shape index (κ3) is 1.75. The second-order valence-corrected chi connectivity index (χ2v) is 5.40. The molecule has 19 heavy (non-hydrogen) atoms. The van der Waals surface area contributed by atoms with Gasteiger partial charge in [0.2, 0.25) is 5.91 Å². The lowest BCUT2D eigenvalue weighted by Crippen LogP contribution is -2.36. The van der Waals surface area contributed by atoms with Crippen LogP contribution in [0.5, 0.6) is 5.75 Å². The molecule has 100 valence electrons. The predicted octanol–water partition coefficient (Wildman–Crippen LogP) is 2.04. The summed E-state index contributed by atoms with van der Waals surface area (Å²) in [7, 11) is 0. The van der Waals surface area contributed by atoms with Crippen molar-refractivity contribution in [1.82, 2.24) is 4.90 Å². The van der Waals surface area contributed by atoms with Gasteiger partial charge in [0.25, 0.3) is 5.69 Å². The Morgan fingerprint density at radius 3 is 2.95 bits per heavy atom. The number of nitro benzene ring substituents is 1. The molecule has 0 radical (unpaired) electrons. The van der Waals surface area contributed by atoms with Gasteiger partial charge in [-0.05, 0) is 13.0 Å². The second kappa shape index (κ2) is 3.69. The molecule has 2 aliphatic rings. The van der Waals surface area contributed by atoms with Crippen molar-refractivity contribution < 1.29 is 14.5 Å². The fraction of sp³-hybridized carbons (Fsp3) is 0.462. The molecule has 1 aromatic carbocycles. The summed E-state index contributed by atoms with van der Waals surface area (Å²) in [4.78, 5) is 23.9. The monoisotopic (exact) mass is 262 g/mol. The molecule has 3 rings (SSSR count). The number of carbonyl (C=O) groups excluding carboxylic acids is 1. The highest BCUT2D eigenvalue weighted by atomic mass is 16.6. The molecular formula is C13H14N2O4. The summed E-state index contributed by atoms with van der Waals surface area (Å²) in [5, 5.41) is 10.9. The Morgan fingerprint density at radius 2 is 2.32 bits per heavy atom. The third-order valence-corrected chi connectivity index (χ3v) is 3.83. The Balaban J connectivity index is 2.10. The van der Waals surface area contributed by atoms with Gasteiger partial charge in [-0.1, -0.05) is 0 Å². The molecule has 2 atom stereocenters. The Morgan fingerprint density at radius 1 is 1.58 bits per heavy atom. The summed E-state index contributed by atoms with van der Waals surface area (Å²) in [6.45, 7) is 4.00. The van der Waals surface area contributed by atoms with Crippen molar-refractivity contribution in [3.8, 4) is 5.75 Å². The van der Waals surface area contributed by atoms with Crippen LogP contribution in [0.15, 0.2) is 18.2 Å². The fourth-order valence-corrected chi connectivity index (χ4v) is 3.01. The molecule has 0 saturated carbocycles. The van der Waals surface area contributed by atoms with E-state index in [2.05, 4.69) is 0 Å². The molecule has 2 bridgehead atoms. The largest absolute Gasteiger partial charge is 0.485 e. The van der Waals surface area contributed by atoms with E-state index in [1.165, 1.54) is 19.1 Å². The zero-order chi connectivity index (χ0) is 13.8. The van der Waals surface area contributed by atoms with Crippen LogP contribution in [0, 0.1) is 10.1 Å². The summed E-state index contributed by atoms with van der Waals surface area (Å²) in [5.41, 5.74) is 0.375. The molecule has 1 fully saturated rings. The number of hydrogen-bond acceptors (Lipinski definition) is 4. The van der Waals surface area contributed by atoms with Crippen molar-refractivity contribution in [1.29, 1.82) is 0 Å². The highest BCUT2D eigenvalue weighted by Crippen LogP contribution is 2.49. The number of amides is 1. The van der Waals surface area contributed by atoms with Gasteiger partial charge in [-0.15, -0.1) is 0 Å². The first kappa shape index (κ1) is 12.0. The molecule has 6 nitrogen and oxygen atoms in total. The second-order valence-electron chi connectivity index (χ2n) is 5.40. The van der Waals surface area contributed by atoms with Gasteiger partial charge in [0.1, 0.15) is 11.4 Å². The Bertz CT molecular complexity index is 586. The lowest BCUT2D eigenvalue weighted by Gasteiger charge is -2.30. The first-order chi connectivity index (χ1) is 8.89. The van der Waals surface area contributed by atoms with Gasteiger partial charge in [-0.3, -0.25) is 14.9 Å². The molecule has 2 heterocycles. The summed E-state index contributed by atoms with van der Waals surface area (Å²) in [5.74, 6) is 0.616. The topological polar surface area (TPSA) is 72.7 Å². The number of nitrogens with zero attached hydrogens (tertiary/aromatic N) is 2. The first-order valence-corrected chi connectivity index (χ1v) is 6.14. The van der Waals surface area contributed by atoms with Gasteiger partial charge >= 0.3 is 0 Å². The summed E-state index contributed by atoms with van der Waals surface area (Å²) >= 11 is 0. The average Bonchev–Trinajstić information content (AvgIpc) is 2.62. The molecule has 6 heteroatoms. The fourth-order valence-electron chi connectivity index (χ4n) is 3.01. The number of carbonyl (C=O) groups is 1. The number of likely N-dealkylation sites (tertiary alicyclic amines) is 1. The molecule has 0 N–H and O–H groups in total. The van der Waals surface area contributed by atoms with Crippen molar-refractivity contribution in [2.24, 2.45) is 0 Å². The minimum absolute atomic E-state index is 0.0290.